The molecule has 1 N–H and O–H groups in total. The topological polar surface area (TPSA) is 89.0 Å². The first-order valence-corrected chi connectivity index (χ1v) is 17.5. The van der Waals surface area contributed by atoms with Gasteiger partial charge in [0.25, 0.3) is 0 Å². The highest BCUT2D eigenvalue weighted by Crippen LogP contribution is 2.45. The van der Waals surface area contributed by atoms with Gasteiger partial charge in [0.15, 0.2) is 11.4 Å². The zero-order chi connectivity index (χ0) is 32.0. The number of amides is 1. The predicted octanol–water partition coefficient (Wildman–Crippen LogP) is 8.93. The lowest BCUT2D eigenvalue weighted by atomic mass is 9.82. The number of nitrogens with zero attached hydrogens (tertiary/aromatic N) is 2. The Morgan fingerprint density at radius 2 is 1.93 bits per heavy atom. The summed E-state index contributed by atoms with van der Waals surface area (Å²) in [7, 11) is -2.55. The van der Waals surface area contributed by atoms with Gasteiger partial charge in [0.05, 0.1) is 10.7 Å². The van der Waals surface area contributed by atoms with Crippen molar-refractivity contribution in [2.24, 2.45) is 0 Å². The number of aromatic nitrogens is 1. The maximum Gasteiger partial charge on any atom is 0.415 e. The van der Waals surface area contributed by atoms with Crippen LogP contribution in [0.25, 0.3) is 5.57 Å². The van der Waals surface area contributed by atoms with E-state index in [0.717, 1.165) is 40.9 Å². The molecule has 0 saturated carbocycles. The van der Waals surface area contributed by atoms with Crippen LogP contribution in [0.1, 0.15) is 43.0 Å². The monoisotopic (exact) mass is 666 g/mol. The van der Waals surface area contributed by atoms with Crippen molar-refractivity contribution in [3.8, 4) is 11.5 Å². The van der Waals surface area contributed by atoms with Crippen LogP contribution in [-0.4, -0.2) is 50.6 Å². The fourth-order valence-electron chi connectivity index (χ4n) is 5.57. The molecule has 3 heterocycles. The van der Waals surface area contributed by atoms with Crippen molar-refractivity contribution in [3.05, 3.63) is 118 Å². The molecule has 10 heteroatoms. The third-order valence-corrected chi connectivity index (χ3v) is 10.7. The van der Waals surface area contributed by atoms with E-state index in [1.807, 2.05) is 49.4 Å². The van der Waals surface area contributed by atoms with Gasteiger partial charge in [-0.3, -0.25) is 9.78 Å². The molecule has 5 rings (SSSR count). The van der Waals surface area contributed by atoms with Crippen molar-refractivity contribution in [1.82, 2.24) is 9.88 Å². The number of piperidine rings is 1. The first kappa shape index (κ1) is 32.8. The Kier molecular flexibility index (Phi) is 10.4. The molecule has 2 aromatic carbocycles. The normalized spacial score (nSPS) is 18.0. The highest BCUT2D eigenvalue weighted by Gasteiger charge is 2.41. The zero-order valence-corrected chi connectivity index (χ0v) is 27.4. The summed E-state index contributed by atoms with van der Waals surface area (Å²) in [5, 5.41) is 0.766. The molecule has 1 saturated heterocycles. The summed E-state index contributed by atoms with van der Waals surface area (Å²) in [6.45, 7) is 7.20. The molecule has 1 spiro atoms. The molecule has 2 aliphatic heterocycles. The molecule has 45 heavy (non-hydrogen) atoms. The first-order chi connectivity index (χ1) is 21.6. The van der Waals surface area contributed by atoms with Crippen LogP contribution in [-0.2, 0) is 17.0 Å². The number of halogens is 2. The Hall–Kier alpha value is -3.56. The molecular weight excluding hydrogens is 631 g/mol. The molecule has 0 radical (unpaired) electrons. The number of ether oxygens (including phenoxy) is 2. The highest BCUT2D eigenvalue weighted by atomic mass is 35.5. The second-order valence-electron chi connectivity index (χ2n) is 11.4. The Morgan fingerprint density at radius 3 is 2.62 bits per heavy atom. The van der Waals surface area contributed by atoms with Crippen molar-refractivity contribution < 1.29 is 23.6 Å². The third kappa shape index (κ3) is 8.19. The van der Waals surface area contributed by atoms with Crippen LogP contribution in [0.3, 0.4) is 0 Å². The number of pyridine rings is 1. The van der Waals surface area contributed by atoms with E-state index in [4.69, 9.17) is 32.7 Å². The van der Waals surface area contributed by atoms with Gasteiger partial charge in [0.1, 0.15) is 11.4 Å². The van der Waals surface area contributed by atoms with Crippen LogP contribution in [0.15, 0.2) is 91.2 Å². The number of carbonyl (C=O) groups excluding carboxylic acids is 2. The summed E-state index contributed by atoms with van der Waals surface area (Å²) in [5.74, 6) is 1.61. The van der Waals surface area contributed by atoms with E-state index in [1.54, 1.807) is 35.4 Å². The summed E-state index contributed by atoms with van der Waals surface area (Å²) in [6.07, 6.45) is 10.1. The first-order valence-electron chi connectivity index (χ1n) is 14.7. The van der Waals surface area contributed by atoms with Crippen molar-refractivity contribution in [2.75, 3.05) is 18.8 Å². The molecule has 7 nitrogen and oxygen atoms in total. The van der Waals surface area contributed by atoms with Gasteiger partial charge >= 0.3 is 6.09 Å². The number of rotatable bonds is 9. The summed E-state index contributed by atoms with van der Waals surface area (Å²) in [5.41, 5.74) is 4.81. The van der Waals surface area contributed by atoms with Gasteiger partial charge in [-0.25, -0.2) is 4.79 Å². The molecule has 1 unspecified atom stereocenters. The third-order valence-electron chi connectivity index (χ3n) is 8.22. The average Bonchev–Trinajstić information content (AvgIpc) is 3.04. The maximum absolute atomic E-state index is 12.8. The number of allylic oxidation sites excluding steroid dienone is 4. The number of hydrogen-bond donors (Lipinski definition) is 1. The van der Waals surface area contributed by atoms with E-state index >= 15 is 0 Å². The standard InChI is InChI=1S/C35H36Cl2N2O5S/c1-3-26(22-45(42,24-40)23-30-6-4-5-17-38-30)8-7-25(2)27-9-11-32-28(20-27)13-14-35(44-32)15-18-39(19-16-35)34(41)43-33-12-10-29(36)21-31(33)37/h3-12,17,20-21,24,42H,2,13-16,18-19,22-23H2,1H3/b8-7-,26-3+. The lowest BCUT2D eigenvalue weighted by molar-refractivity contribution is -0.00950. The average molecular weight is 668 g/mol. The number of likely N-dealkylation sites (tertiary alicyclic amines) is 1. The molecule has 3 aromatic rings. The number of fused-ring (bicyclic) bond motifs is 1. The fourth-order valence-corrected chi connectivity index (χ4v) is 7.77. The van der Waals surface area contributed by atoms with E-state index in [1.165, 1.54) is 0 Å². The molecule has 1 atom stereocenters. The van der Waals surface area contributed by atoms with Gasteiger partial charge in [0, 0.05) is 48.7 Å². The minimum absolute atomic E-state index is 0.218. The van der Waals surface area contributed by atoms with Gasteiger partial charge in [0.2, 0.25) is 0 Å². The smallest absolute Gasteiger partial charge is 0.415 e. The van der Waals surface area contributed by atoms with Gasteiger partial charge in [-0.15, -0.1) is 0 Å². The molecule has 0 bridgehead atoms. The van der Waals surface area contributed by atoms with Gasteiger partial charge < -0.3 is 18.9 Å². The number of carbonyl (C=O) groups is 2. The quantitative estimate of drug-likeness (QED) is 0.181. The summed E-state index contributed by atoms with van der Waals surface area (Å²) in [6, 6.07) is 16.3. The molecule has 0 aliphatic carbocycles. The van der Waals surface area contributed by atoms with E-state index in [9.17, 15) is 14.1 Å². The summed E-state index contributed by atoms with van der Waals surface area (Å²) >= 11 is 12.1. The lowest BCUT2D eigenvalue weighted by Gasteiger charge is -2.44. The Labute approximate surface area is 275 Å². The van der Waals surface area contributed by atoms with E-state index in [0.29, 0.717) is 47.3 Å². The fraction of sp³-hybridized carbons (Fsp3) is 0.286. The van der Waals surface area contributed by atoms with Crippen LogP contribution >= 0.6 is 33.5 Å². The van der Waals surface area contributed by atoms with E-state index < -0.39 is 16.4 Å². The van der Waals surface area contributed by atoms with Crippen molar-refractivity contribution in [3.63, 3.8) is 0 Å². The molecular formula is C35H36Cl2N2O5S. The number of aryl methyl sites for hydroxylation is 1. The molecule has 236 valence electrons. The molecule has 2 aliphatic rings. The minimum atomic E-state index is -2.55. The maximum atomic E-state index is 12.8. The Balaban J connectivity index is 1.17. The molecule has 1 aromatic heterocycles. The van der Waals surface area contributed by atoms with Crippen LogP contribution in [0.5, 0.6) is 11.5 Å². The molecule has 1 fully saturated rings. The Bertz CT molecular complexity index is 1640. The number of benzene rings is 2. The van der Waals surface area contributed by atoms with Crippen molar-refractivity contribution >= 4 is 50.8 Å². The van der Waals surface area contributed by atoms with E-state index in [2.05, 4.69) is 17.6 Å². The van der Waals surface area contributed by atoms with E-state index in [-0.39, 0.29) is 22.9 Å². The summed E-state index contributed by atoms with van der Waals surface area (Å²) < 4.78 is 23.1. The van der Waals surface area contributed by atoms with Crippen molar-refractivity contribution in [2.45, 2.75) is 44.0 Å². The second-order valence-corrected chi connectivity index (χ2v) is 14.8. The van der Waals surface area contributed by atoms with Gasteiger partial charge in [-0.05, 0) is 84.5 Å². The van der Waals surface area contributed by atoms with Crippen LogP contribution in [0, 0.1) is 0 Å². The van der Waals surface area contributed by atoms with Gasteiger partial charge in [-0.2, -0.15) is 0 Å². The second kappa shape index (κ2) is 14.3. The van der Waals surface area contributed by atoms with Crippen LogP contribution < -0.4 is 9.47 Å². The van der Waals surface area contributed by atoms with Gasteiger partial charge in [-0.1, -0.05) is 70.5 Å². The van der Waals surface area contributed by atoms with Crippen LogP contribution in [0.4, 0.5) is 4.79 Å². The largest absolute Gasteiger partial charge is 0.487 e. The number of hydrogen-bond acceptors (Lipinski definition) is 6. The molecule has 1 amide bonds. The Morgan fingerprint density at radius 1 is 1.13 bits per heavy atom. The van der Waals surface area contributed by atoms with Crippen LogP contribution in [0.2, 0.25) is 10.0 Å². The minimum Gasteiger partial charge on any atom is -0.487 e. The lowest BCUT2D eigenvalue weighted by Crippen LogP contribution is -2.51. The summed E-state index contributed by atoms with van der Waals surface area (Å²) in [4.78, 5) is 30.6. The zero-order valence-electron chi connectivity index (χ0n) is 25.1. The predicted molar refractivity (Wildman–Crippen MR) is 183 cm³/mol. The van der Waals surface area contributed by atoms with Crippen molar-refractivity contribution in [1.29, 1.82) is 0 Å². The highest BCUT2D eigenvalue weighted by molar-refractivity contribution is 8.39. The SMILES string of the molecule is C=C(/C=C\C(=C/C)CS(O)(C=O)Cc1ccccn1)c1ccc2c(c1)CCC1(CCN(C(=O)Oc3ccc(Cl)cc3Cl)CC1)O2.